The van der Waals surface area contributed by atoms with Crippen LogP contribution in [-0.2, 0) is 9.59 Å². The van der Waals surface area contributed by atoms with Crippen LogP contribution in [0.3, 0.4) is 0 Å². The molecular weight excluding hydrogens is 440 g/mol. The van der Waals surface area contributed by atoms with Crippen molar-refractivity contribution in [3.63, 3.8) is 0 Å². The van der Waals surface area contributed by atoms with Crippen molar-refractivity contribution in [2.45, 2.75) is 20.8 Å². The molecule has 0 unspecified atom stereocenters. The first-order chi connectivity index (χ1) is 15.7. The summed E-state index contributed by atoms with van der Waals surface area (Å²) in [7, 11) is 0. The van der Waals surface area contributed by atoms with Gasteiger partial charge in [0, 0.05) is 29.2 Å². The predicted octanol–water partition coefficient (Wildman–Crippen LogP) is 4.14. The average Bonchev–Trinajstić information content (AvgIpc) is 3.05. The third-order valence-corrected chi connectivity index (χ3v) is 5.77. The Morgan fingerprint density at radius 1 is 0.970 bits per heavy atom. The highest BCUT2D eigenvalue weighted by Crippen LogP contribution is 2.27. The zero-order chi connectivity index (χ0) is 23.9. The minimum Gasteiger partial charge on any atom is -0.318 e. The van der Waals surface area contributed by atoms with Gasteiger partial charge < -0.3 is 4.57 Å². The number of aryl methyl sites for hydroxylation is 2. The topological polar surface area (TPSA) is 97.5 Å². The second-order valence-electron chi connectivity index (χ2n) is 7.73. The fraction of sp³-hybridized carbons (Fsp3) is 0.125. The summed E-state index contributed by atoms with van der Waals surface area (Å²) in [6.45, 7) is 5.68. The molecule has 1 N–H and O–H groups in total. The number of hydrogen-bond acceptors (Lipinski definition) is 5. The van der Waals surface area contributed by atoms with E-state index in [1.807, 2.05) is 43.5 Å². The lowest BCUT2D eigenvalue weighted by molar-refractivity contribution is -0.384. The number of nitrogens with one attached hydrogen (secondary N) is 1. The zero-order valence-electron chi connectivity index (χ0n) is 18.2. The maximum atomic E-state index is 13.2. The lowest BCUT2D eigenvalue weighted by atomic mass is 10.1. The van der Waals surface area contributed by atoms with Crippen LogP contribution in [-0.4, -0.2) is 26.4 Å². The molecule has 2 heterocycles. The number of carbonyl (C=O) groups is 2. The van der Waals surface area contributed by atoms with Gasteiger partial charge in [-0.15, -0.1) is 0 Å². The summed E-state index contributed by atoms with van der Waals surface area (Å²) in [5.41, 5.74) is 4.62. The van der Waals surface area contributed by atoms with E-state index in [-0.39, 0.29) is 16.4 Å². The molecule has 0 atom stereocenters. The van der Waals surface area contributed by atoms with Crippen LogP contribution in [0.4, 0.5) is 11.4 Å². The maximum absolute atomic E-state index is 13.2. The van der Waals surface area contributed by atoms with E-state index in [1.165, 1.54) is 17.0 Å². The summed E-state index contributed by atoms with van der Waals surface area (Å²) in [6, 6.07) is 15.3. The van der Waals surface area contributed by atoms with Gasteiger partial charge in [0.25, 0.3) is 17.5 Å². The van der Waals surface area contributed by atoms with Crippen molar-refractivity contribution in [1.82, 2.24) is 9.88 Å². The summed E-state index contributed by atoms with van der Waals surface area (Å²) < 4.78 is 1.91. The van der Waals surface area contributed by atoms with Gasteiger partial charge in [0.15, 0.2) is 5.11 Å². The molecule has 166 valence electrons. The number of amides is 2. The van der Waals surface area contributed by atoms with Crippen LogP contribution in [0.15, 0.2) is 60.2 Å². The van der Waals surface area contributed by atoms with Gasteiger partial charge in [-0.3, -0.25) is 29.9 Å². The smallest absolute Gasteiger partial charge is 0.270 e. The van der Waals surface area contributed by atoms with Crippen LogP contribution in [0.25, 0.3) is 11.8 Å². The van der Waals surface area contributed by atoms with E-state index in [1.54, 1.807) is 30.3 Å². The Labute approximate surface area is 195 Å². The minimum absolute atomic E-state index is 0.000179. The molecule has 0 radical (unpaired) electrons. The second kappa shape index (κ2) is 8.44. The quantitative estimate of drug-likeness (QED) is 0.207. The SMILES string of the molecule is Cc1ccc(N2C(=O)/C(=C/c3cc(C)n(-c4ccc([N+](=O)[O-])cc4)c3C)C(=O)NC2=S)cc1. The first-order valence-corrected chi connectivity index (χ1v) is 10.5. The molecule has 1 aromatic heterocycles. The van der Waals surface area contributed by atoms with Crippen molar-refractivity contribution in [3.05, 3.63) is 92.8 Å². The number of non-ortho nitro benzene ring substituents is 1. The molecule has 1 aliphatic heterocycles. The number of nitrogens with zero attached hydrogens (tertiary/aromatic N) is 3. The Morgan fingerprint density at radius 3 is 2.18 bits per heavy atom. The van der Waals surface area contributed by atoms with E-state index >= 15 is 0 Å². The first kappa shape index (κ1) is 22.1. The molecule has 1 saturated heterocycles. The van der Waals surface area contributed by atoms with Crippen molar-refractivity contribution in [2.75, 3.05) is 4.90 Å². The van der Waals surface area contributed by atoms with Crippen molar-refractivity contribution in [2.24, 2.45) is 0 Å². The van der Waals surface area contributed by atoms with Crippen LogP contribution in [0.1, 0.15) is 22.5 Å². The van der Waals surface area contributed by atoms with Gasteiger partial charge in [0.2, 0.25) is 0 Å². The van der Waals surface area contributed by atoms with E-state index in [0.29, 0.717) is 11.3 Å². The number of aromatic nitrogens is 1. The summed E-state index contributed by atoms with van der Waals surface area (Å²) >= 11 is 5.25. The zero-order valence-corrected chi connectivity index (χ0v) is 19.0. The highest BCUT2D eigenvalue weighted by atomic mass is 32.1. The Kier molecular flexibility index (Phi) is 5.65. The first-order valence-electron chi connectivity index (χ1n) is 10.1. The van der Waals surface area contributed by atoms with E-state index in [9.17, 15) is 19.7 Å². The van der Waals surface area contributed by atoms with Crippen LogP contribution < -0.4 is 10.2 Å². The van der Waals surface area contributed by atoms with Gasteiger partial charge in [0.05, 0.1) is 10.6 Å². The fourth-order valence-electron chi connectivity index (χ4n) is 3.80. The number of anilines is 1. The van der Waals surface area contributed by atoms with Crippen LogP contribution in [0.2, 0.25) is 0 Å². The number of nitro groups is 1. The summed E-state index contributed by atoms with van der Waals surface area (Å²) in [5.74, 6) is -1.07. The Morgan fingerprint density at radius 2 is 1.58 bits per heavy atom. The molecule has 0 spiro atoms. The molecule has 1 fully saturated rings. The Balaban J connectivity index is 1.73. The van der Waals surface area contributed by atoms with Crippen LogP contribution >= 0.6 is 12.2 Å². The standard InChI is InChI=1S/C24H20N4O4S/c1-14-4-6-19(7-5-14)27-23(30)21(22(29)25-24(27)33)13-17-12-15(2)26(16(17)3)18-8-10-20(11-9-18)28(31)32/h4-13H,1-3H3,(H,25,29,33)/b21-13+. The predicted molar refractivity (Wildman–Crippen MR) is 129 cm³/mol. The van der Waals surface area contributed by atoms with Crippen molar-refractivity contribution >= 4 is 46.6 Å². The van der Waals surface area contributed by atoms with E-state index in [0.717, 1.165) is 22.6 Å². The van der Waals surface area contributed by atoms with Gasteiger partial charge in [-0.25, -0.2) is 0 Å². The monoisotopic (exact) mass is 460 g/mol. The molecule has 33 heavy (non-hydrogen) atoms. The average molecular weight is 461 g/mol. The van der Waals surface area contributed by atoms with Crippen LogP contribution in [0.5, 0.6) is 0 Å². The van der Waals surface area contributed by atoms with Crippen molar-refractivity contribution < 1.29 is 14.5 Å². The largest absolute Gasteiger partial charge is 0.318 e. The van der Waals surface area contributed by atoms with Crippen LogP contribution in [0, 0.1) is 30.9 Å². The number of carbonyl (C=O) groups excluding carboxylic acids is 2. The van der Waals surface area contributed by atoms with Gasteiger partial charge in [-0.05, 0) is 75.0 Å². The summed E-state index contributed by atoms with van der Waals surface area (Å²) in [5, 5.41) is 13.6. The maximum Gasteiger partial charge on any atom is 0.270 e. The molecule has 9 heteroatoms. The molecule has 8 nitrogen and oxygen atoms in total. The molecule has 1 aliphatic rings. The van der Waals surface area contributed by atoms with Gasteiger partial charge in [-0.2, -0.15) is 0 Å². The molecule has 0 saturated carbocycles. The summed E-state index contributed by atoms with van der Waals surface area (Å²) in [6.07, 6.45) is 1.55. The van der Waals surface area contributed by atoms with Gasteiger partial charge in [0.1, 0.15) is 5.57 Å². The highest BCUT2D eigenvalue weighted by molar-refractivity contribution is 7.80. The lowest BCUT2D eigenvalue weighted by Gasteiger charge is -2.29. The van der Waals surface area contributed by atoms with E-state index in [4.69, 9.17) is 12.2 Å². The third-order valence-electron chi connectivity index (χ3n) is 5.48. The summed E-state index contributed by atoms with van der Waals surface area (Å²) in [4.78, 5) is 37.7. The molecule has 0 bridgehead atoms. The number of rotatable bonds is 4. The normalized spacial score (nSPS) is 15.2. The highest BCUT2D eigenvalue weighted by Gasteiger charge is 2.34. The van der Waals surface area contributed by atoms with Gasteiger partial charge >= 0.3 is 0 Å². The molecule has 4 rings (SSSR count). The van der Waals surface area contributed by atoms with E-state index in [2.05, 4.69) is 5.32 Å². The van der Waals surface area contributed by atoms with Crippen molar-refractivity contribution in [3.8, 4) is 5.69 Å². The number of nitro benzene ring substituents is 1. The third kappa shape index (κ3) is 4.06. The second-order valence-corrected chi connectivity index (χ2v) is 8.12. The molecule has 3 aromatic rings. The lowest BCUT2D eigenvalue weighted by Crippen LogP contribution is -2.54. The molecule has 0 aliphatic carbocycles. The fourth-order valence-corrected chi connectivity index (χ4v) is 4.08. The van der Waals surface area contributed by atoms with E-state index < -0.39 is 16.7 Å². The van der Waals surface area contributed by atoms with Gasteiger partial charge in [-0.1, -0.05) is 17.7 Å². The number of thiocarbonyl (C=S) groups is 1. The Hall–Kier alpha value is -4.11. The molecular formula is C24H20N4O4S. The minimum atomic E-state index is -0.562. The number of benzene rings is 2. The molecule has 2 aromatic carbocycles. The number of hydrogen-bond donors (Lipinski definition) is 1. The Bertz CT molecular complexity index is 1340. The van der Waals surface area contributed by atoms with Crippen molar-refractivity contribution in [1.29, 1.82) is 0 Å². The molecule has 2 amide bonds.